The molecule has 0 amide bonds. The van der Waals surface area contributed by atoms with Crippen molar-refractivity contribution in [3.63, 3.8) is 0 Å². The predicted molar refractivity (Wildman–Crippen MR) is 62.8 cm³/mol. The highest BCUT2D eigenvalue weighted by Crippen LogP contribution is 2.06. The molecule has 4 heteroatoms. The van der Waals surface area contributed by atoms with Crippen LogP contribution in [-0.4, -0.2) is 36.2 Å². The van der Waals surface area contributed by atoms with E-state index in [4.69, 9.17) is 10.5 Å². The zero-order valence-corrected chi connectivity index (χ0v) is 9.56. The lowest BCUT2D eigenvalue weighted by Gasteiger charge is -2.18. The summed E-state index contributed by atoms with van der Waals surface area (Å²) in [5.41, 5.74) is 7.73. The molecule has 1 aromatic heterocycles. The second-order valence-electron chi connectivity index (χ2n) is 4.10. The Morgan fingerprint density at radius 2 is 2.25 bits per heavy atom. The first-order chi connectivity index (χ1) is 7.88. The van der Waals surface area contributed by atoms with Crippen LogP contribution in [0.4, 0.5) is 0 Å². The van der Waals surface area contributed by atoms with Crippen molar-refractivity contribution in [3.8, 4) is 0 Å². The highest BCUT2D eigenvalue weighted by atomic mass is 16.5. The summed E-state index contributed by atoms with van der Waals surface area (Å²) in [6.07, 6.45) is 2.98. The van der Waals surface area contributed by atoms with Gasteiger partial charge in [-0.05, 0) is 18.1 Å². The molecule has 16 heavy (non-hydrogen) atoms. The van der Waals surface area contributed by atoms with Crippen molar-refractivity contribution in [2.45, 2.75) is 19.5 Å². The standard InChI is InChI=1S/C12H19N3O/c13-8-11-2-3-12(14-9-11)10-15-4-1-6-16-7-5-15/h2-3,9H,1,4-8,10,13H2. The summed E-state index contributed by atoms with van der Waals surface area (Å²) in [6, 6.07) is 4.12. The predicted octanol–water partition coefficient (Wildman–Crippen LogP) is 0.763. The van der Waals surface area contributed by atoms with Gasteiger partial charge < -0.3 is 10.5 Å². The summed E-state index contributed by atoms with van der Waals surface area (Å²) < 4.78 is 5.42. The fourth-order valence-corrected chi connectivity index (χ4v) is 1.85. The molecule has 0 saturated carbocycles. The maximum Gasteiger partial charge on any atom is 0.0593 e. The third kappa shape index (κ3) is 3.27. The van der Waals surface area contributed by atoms with Crippen molar-refractivity contribution in [3.05, 3.63) is 29.6 Å². The van der Waals surface area contributed by atoms with E-state index in [9.17, 15) is 0 Å². The van der Waals surface area contributed by atoms with Crippen LogP contribution in [0.15, 0.2) is 18.3 Å². The van der Waals surface area contributed by atoms with Crippen LogP contribution in [-0.2, 0) is 17.8 Å². The summed E-state index contributed by atoms with van der Waals surface area (Å²) in [4.78, 5) is 6.80. The van der Waals surface area contributed by atoms with Crippen LogP contribution in [0.25, 0.3) is 0 Å². The lowest BCUT2D eigenvalue weighted by molar-refractivity contribution is 0.140. The lowest BCUT2D eigenvalue weighted by atomic mass is 10.2. The van der Waals surface area contributed by atoms with Crippen LogP contribution >= 0.6 is 0 Å². The highest BCUT2D eigenvalue weighted by Gasteiger charge is 2.09. The van der Waals surface area contributed by atoms with Gasteiger partial charge in [-0.15, -0.1) is 0 Å². The quantitative estimate of drug-likeness (QED) is 0.819. The zero-order valence-electron chi connectivity index (χ0n) is 9.56. The van der Waals surface area contributed by atoms with Gasteiger partial charge in [0, 0.05) is 39.0 Å². The van der Waals surface area contributed by atoms with E-state index in [1.807, 2.05) is 6.20 Å². The molecule has 1 fully saturated rings. The monoisotopic (exact) mass is 221 g/mol. The molecule has 0 unspecified atom stereocenters. The maximum atomic E-state index is 5.54. The van der Waals surface area contributed by atoms with Crippen LogP contribution in [0, 0.1) is 0 Å². The summed E-state index contributed by atoms with van der Waals surface area (Å²) in [7, 11) is 0. The van der Waals surface area contributed by atoms with Gasteiger partial charge in [-0.2, -0.15) is 0 Å². The molecule has 4 nitrogen and oxygen atoms in total. The van der Waals surface area contributed by atoms with Gasteiger partial charge in [0.1, 0.15) is 0 Å². The molecule has 1 aliphatic heterocycles. The van der Waals surface area contributed by atoms with Gasteiger partial charge >= 0.3 is 0 Å². The van der Waals surface area contributed by atoms with E-state index in [2.05, 4.69) is 22.0 Å². The third-order valence-corrected chi connectivity index (χ3v) is 2.82. The van der Waals surface area contributed by atoms with Crippen LogP contribution in [0.2, 0.25) is 0 Å². The summed E-state index contributed by atoms with van der Waals surface area (Å²) >= 11 is 0. The third-order valence-electron chi connectivity index (χ3n) is 2.82. The topological polar surface area (TPSA) is 51.4 Å². The number of rotatable bonds is 3. The van der Waals surface area contributed by atoms with E-state index < -0.39 is 0 Å². The Kier molecular flexibility index (Phi) is 4.27. The molecule has 88 valence electrons. The first-order valence-electron chi connectivity index (χ1n) is 5.82. The Morgan fingerprint density at radius 1 is 1.31 bits per heavy atom. The minimum absolute atomic E-state index is 0.560. The molecule has 0 atom stereocenters. The Morgan fingerprint density at radius 3 is 3.00 bits per heavy atom. The smallest absolute Gasteiger partial charge is 0.0593 e. The van der Waals surface area contributed by atoms with Gasteiger partial charge in [0.25, 0.3) is 0 Å². The second-order valence-corrected chi connectivity index (χ2v) is 4.10. The number of nitrogens with zero attached hydrogens (tertiary/aromatic N) is 2. The largest absolute Gasteiger partial charge is 0.380 e. The molecule has 1 saturated heterocycles. The number of nitrogens with two attached hydrogens (primary N) is 1. The van der Waals surface area contributed by atoms with E-state index in [0.717, 1.165) is 50.5 Å². The van der Waals surface area contributed by atoms with E-state index in [1.165, 1.54) is 0 Å². The van der Waals surface area contributed by atoms with Gasteiger partial charge in [0.15, 0.2) is 0 Å². The maximum absolute atomic E-state index is 5.54. The summed E-state index contributed by atoms with van der Waals surface area (Å²) in [5, 5.41) is 0. The first kappa shape index (κ1) is 11.5. The van der Waals surface area contributed by atoms with Gasteiger partial charge in [-0.3, -0.25) is 9.88 Å². The van der Waals surface area contributed by atoms with Gasteiger partial charge in [0.05, 0.1) is 12.3 Å². The Bertz CT molecular complexity index is 305. The molecule has 2 rings (SSSR count). The molecule has 0 aromatic carbocycles. The van der Waals surface area contributed by atoms with Crippen LogP contribution in [0.5, 0.6) is 0 Å². The average Bonchev–Trinajstić information content (AvgIpc) is 2.59. The average molecular weight is 221 g/mol. The molecule has 2 N–H and O–H groups in total. The van der Waals surface area contributed by atoms with Crippen LogP contribution in [0.3, 0.4) is 0 Å². The fraction of sp³-hybridized carbons (Fsp3) is 0.583. The number of hydrogen-bond donors (Lipinski definition) is 1. The first-order valence-corrected chi connectivity index (χ1v) is 5.82. The molecule has 0 radical (unpaired) electrons. The Labute approximate surface area is 96.4 Å². The SMILES string of the molecule is NCc1ccc(CN2CCCOCC2)nc1. The molecule has 1 aliphatic rings. The number of pyridine rings is 1. The van der Waals surface area contributed by atoms with E-state index in [-0.39, 0.29) is 0 Å². The van der Waals surface area contributed by atoms with Crippen molar-refractivity contribution < 1.29 is 4.74 Å². The minimum Gasteiger partial charge on any atom is -0.380 e. The molecular weight excluding hydrogens is 202 g/mol. The van der Waals surface area contributed by atoms with E-state index in [0.29, 0.717) is 6.54 Å². The van der Waals surface area contributed by atoms with Gasteiger partial charge in [0.2, 0.25) is 0 Å². The van der Waals surface area contributed by atoms with Crippen molar-refractivity contribution >= 4 is 0 Å². The Balaban J connectivity index is 1.91. The molecule has 2 heterocycles. The molecule has 0 bridgehead atoms. The van der Waals surface area contributed by atoms with Crippen molar-refractivity contribution in [2.24, 2.45) is 5.73 Å². The van der Waals surface area contributed by atoms with Crippen LogP contribution < -0.4 is 5.73 Å². The summed E-state index contributed by atoms with van der Waals surface area (Å²) in [6.45, 7) is 5.29. The van der Waals surface area contributed by atoms with Crippen molar-refractivity contribution in [1.82, 2.24) is 9.88 Å². The fourth-order valence-electron chi connectivity index (χ4n) is 1.85. The second kappa shape index (κ2) is 5.94. The van der Waals surface area contributed by atoms with Crippen LogP contribution in [0.1, 0.15) is 17.7 Å². The molecular formula is C12H19N3O. The molecule has 0 spiro atoms. The highest BCUT2D eigenvalue weighted by molar-refractivity contribution is 5.13. The van der Waals surface area contributed by atoms with Gasteiger partial charge in [-0.1, -0.05) is 6.07 Å². The summed E-state index contributed by atoms with van der Waals surface area (Å²) in [5.74, 6) is 0. The normalized spacial score (nSPS) is 18.3. The molecule has 1 aromatic rings. The zero-order chi connectivity index (χ0) is 11.2. The van der Waals surface area contributed by atoms with Crippen molar-refractivity contribution in [1.29, 1.82) is 0 Å². The number of ether oxygens (including phenoxy) is 1. The minimum atomic E-state index is 0.560. The van der Waals surface area contributed by atoms with E-state index >= 15 is 0 Å². The Hall–Kier alpha value is -0.970. The molecule has 0 aliphatic carbocycles. The number of hydrogen-bond acceptors (Lipinski definition) is 4. The van der Waals surface area contributed by atoms with Crippen molar-refractivity contribution in [2.75, 3.05) is 26.3 Å². The van der Waals surface area contributed by atoms with Gasteiger partial charge in [-0.25, -0.2) is 0 Å². The number of aromatic nitrogens is 1. The lowest BCUT2D eigenvalue weighted by Crippen LogP contribution is -2.26. The van der Waals surface area contributed by atoms with E-state index in [1.54, 1.807) is 0 Å².